The van der Waals surface area contributed by atoms with Crippen LogP contribution < -0.4 is 15.5 Å². The number of esters is 1. The third-order valence-corrected chi connectivity index (χ3v) is 6.82. The van der Waals surface area contributed by atoms with Crippen LogP contribution in [0.4, 0.5) is 10.5 Å². The van der Waals surface area contributed by atoms with Crippen LogP contribution in [0.15, 0.2) is 42.0 Å². The third kappa shape index (κ3) is 12.5. The number of fused-ring (bicyclic) bond motifs is 1. The molecule has 12 heteroatoms. The van der Waals surface area contributed by atoms with Crippen molar-refractivity contribution in [2.75, 3.05) is 44.4 Å². The summed E-state index contributed by atoms with van der Waals surface area (Å²) in [5, 5.41) is 25.8. The largest absolute Gasteiger partial charge is 0.481 e. The van der Waals surface area contributed by atoms with Gasteiger partial charge in [-0.1, -0.05) is 18.2 Å². The molecule has 3 N–H and O–H groups in total. The molecule has 242 valence electrons. The lowest BCUT2D eigenvalue weighted by atomic mass is 10.0. The fourth-order valence-electron chi connectivity index (χ4n) is 4.77. The van der Waals surface area contributed by atoms with E-state index in [4.69, 9.17) is 19.3 Å². The van der Waals surface area contributed by atoms with E-state index < -0.39 is 42.0 Å². The van der Waals surface area contributed by atoms with Gasteiger partial charge in [-0.2, -0.15) is 5.26 Å². The lowest BCUT2D eigenvalue weighted by Crippen LogP contribution is -2.41. The Balaban J connectivity index is 1.39. The number of nitrogens with zero attached hydrogens (tertiary/aromatic N) is 2. The first-order valence-electron chi connectivity index (χ1n) is 15.1. The fourth-order valence-corrected chi connectivity index (χ4v) is 4.77. The number of carbonyl (C=O) groups is 4. The first kappa shape index (κ1) is 34.9. The fraction of sp³-hybridized carbons (Fsp3) is 0.485. The lowest BCUT2D eigenvalue weighted by molar-refractivity contribution is -0.146. The van der Waals surface area contributed by atoms with E-state index in [1.54, 1.807) is 26.8 Å². The zero-order valence-electron chi connectivity index (χ0n) is 26.1. The maximum Gasteiger partial charge on any atom is 0.407 e. The molecule has 3 rings (SSSR count). The Kier molecular flexibility index (Phi) is 13.2. The molecule has 1 unspecified atom stereocenters. The van der Waals surface area contributed by atoms with Gasteiger partial charge in [-0.3, -0.25) is 14.4 Å². The summed E-state index contributed by atoms with van der Waals surface area (Å²) in [6, 6.07) is 13.1. The normalized spacial score (nSPS) is 14.3. The van der Waals surface area contributed by atoms with Crippen molar-refractivity contribution in [3.05, 3.63) is 47.5 Å². The van der Waals surface area contributed by atoms with E-state index in [1.165, 1.54) is 24.9 Å². The van der Waals surface area contributed by atoms with Crippen LogP contribution in [0.25, 0.3) is 16.8 Å². The monoisotopic (exact) mass is 622 g/mol. The van der Waals surface area contributed by atoms with Gasteiger partial charge in [0.25, 0.3) is 5.91 Å². The van der Waals surface area contributed by atoms with E-state index in [0.717, 1.165) is 29.4 Å². The van der Waals surface area contributed by atoms with Gasteiger partial charge in [-0.25, -0.2) is 4.79 Å². The zero-order valence-corrected chi connectivity index (χ0v) is 26.1. The second-order valence-electron chi connectivity index (χ2n) is 11.7. The molecule has 2 aromatic rings. The molecule has 1 saturated heterocycles. The maximum absolute atomic E-state index is 12.6. The number of alkyl carbamates (subject to hydrolysis) is 1. The van der Waals surface area contributed by atoms with Gasteiger partial charge >= 0.3 is 18.0 Å². The smallest absolute Gasteiger partial charge is 0.407 e. The highest BCUT2D eigenvalue weighted by Gasteiger charge is 2.24. The number of amides is 2. The van der Waals surface area contributed by atoms with Gasteiger partial charge < -0.3 is 34.9 Å². The summed E-state index contributed by atoms with van der Waals surface area (Å²) in [5.74, 6) is -2.44. The van der Waals surface area contributed by atoms with Gasteiger partial charge in [-0.15, -0.1) is 0 Å². The molecular weight excluding hydrogens is 580 g/mol. The number of rotatable bonds is 14. The Morgan fingerprint density at radius 2 is 1.71 bits per heavy atom. The van der Waals surface area contributed by atoms with Gasteiger partial charge in [0.2, 0.25) is 0 Å². The van der Waals surface area contributed by atoms with Gasteiger partial charge in [0.15, 0.2) is 0 Å². The van der Waals surface area contributed by atoms with Gasteiger partial charge in [0, 0.05) is 25.3 Å². The highest BCUT2D eigenvalue weighted by molar-refractivity contribution is 6.02. The summed E-state index contributed by atoms with van der Waals surface area (Å²) in [6.07, 6.45) is 3.56. The van der Waals surface area contributed by atoms with Gasteiger partial charge in [0.05, 0.1) is 32.1 Å². The molecule has 1 atom stereocenters. The second kappa shape index (κ2) is 17.0. The number of carbonyl (C=O) groups excluding carboxylic acids is 3. The Labute approximate surface area is 263 Å². The van der Waals surface area contributed by atoms with Crippen LogP contribution in [-0.4, -0.2) is 80.1 Å². The molecule has 0 aromatic heterocycles. The first-order chi connectivity index (χ1) is 21.4. The number of carboxylic acid groups (broad SMARTS) is 1. The average Bonchev–Trinajstić information content (AvgIpc) is 2.98. The van der Waals surface area contributed by atoms with Crippen LogP contribution >= 0.6 is 0 Å². The van der Waals surface area contributed by atoms with E-state index in [-0.39, 0.29) is 38.4 Å². The summed E-state index contributed by atoms with van der Waals surface area (Å²) in [5.41, 5.74) is 1.13. The molecule has 45 heavy (non-hydrogen) atoms. The van der Waals surface area contributed by atoms with Crippen LogP contribution in [0.5, 0.6) is 0 Å². The predicted molar refractivity (Wildman–Crippen MR) is 168 cm³/mol. The van der Waals surface area contributed by atoms with E-state index in [9.17, 15) is 24.4 Å². The molecule has 1 heterocycles. The van der Waals surface area contributed by atoms with Crippen LogP contribution in [0.2, 0.25) is 0 Å². The van der Waals surface area contributed by atoms with Crippen LogP contribution in [0.1, 0.15) is 58.4 Å². The zero-order chi connectivity index (χ0) is 32.8. The highest BCUT2D eigenvalue weighted by Crippen LogP contribution is 2.26. The summed E-state index contributed by atoms with van der Waals surface area (Å²) in [7, 11) is 0. The minimum atomic E-state index is -1.19. The molecule has 1 aliphatic heterocycles. The molecule has 0 aliphatic carbocycles. The third-order valence-electron chi connectivity index (χ3n) is 6.82. The number of anilines is 1. The van der Waals surface area contributed by atoms with E-state index in [2.05, 4.69) is 33.7 Å². The number of aliphatic carboxylic acids is 1. The SMILES string of the molecule is CC(C)(C)OC(=O)NC(CC(=O)O)CC(=O)OCCOCCNC(=O)/C(C#N)=C/c1ccc2cc(N3CCCCC3)ccc2c1. The van der Waals surface area contributed by atoms with Crippen molar-refractivity contribution in [2.24, 2.45) is 0 Å². The number of hydrogen-bond acceptors (Lipinski definition) is 9. The molecule has 0 spiro atoms. The van der Waals surface area contributed by atoms with Crippen LogP contribution in [-0.2, 0) is 28.6 Å². The molecule has 1 aliphatic rings. The molecule has 0 saturated carbocycles. The second-order valence-corrected chi connectivity index (χ2v) is 11.7. The summed E-state index contributed by atoms with van der Waals surface area (Å²) >= 11 is 0. The van der Waals surface area contributed by atoms with Crippen LogP contribution in [0.3, 0.4) is 0 Å². The quantitative estimate of drug-likeness (QED) is 0.120. The first-order valence-corrected chi connectivity index (χ1v) is 15.1. The van der Waals surface area contributed by atoms with E-state index >= 15 is 0 Å². The number of nitriles is 1. The number of carboxylic acids is 1. The van der Waals surface area contributed by atoms with Crippen molar-refractivity contribution in [1.29, 1.82) is 5.26 Å². The molecule has 2 aromatic carbocycles. The number of piperidine rings is 1. The maximum atomic E-state index is 12.6. The Hall–Kier alpha value is -4.63. The van der Waals surface area contributed by atoms with E-state index in [0.29, 0.717) is 0 Å². The van der Waals surface area contributed by atoms with Crippen LogP contribution in [0, 0.1) is 11.3 Å². The minimum absolute atomic E-state index is 0.0300. The minimum Gasteiger partial charge on any atom is -0.481 e. The lowest BCUT2D eigenvalue weighted by Gasteiger charge is -2.29. The molecule has 12 nitrogen and oxygen atoms in total. The molecule has 0 bridgehead atoms. The van der Waals surface area contributed by atoms with Crippen molar-refractivity contribution < 1.29 is 38.5 Å². The van der Waals surface area contributed by atoms with Crippen molar-refractivity contribution >= 4 is 46.5 Å². The summed E-state index contributed by atoms with van der Waals surface area (Å²) in [6.45, 7) is 7.28. The van der Waals surface area contributed by atoms with Crippen molar-refractivity contribution in [3.63, 3.8) is 0 Å². The summed E-state index contributed by atoms with van der Waals surface area (Å²) < 4.78 is 15.5. The van der Waals surface area contributed by atoms with Crippen molar-refractivity contribution in [2.45, 2.75) is 64.5 Å². The Morgan fingerprint density at radius 1 is 1.00 bits per heavy atom. The molecule has 2 amide bonds. The highest BCUT2D eigenvalue weighted by atomic mass is 16.6. The average molecular weight is 623 g/mol. The standard InChI is InChI=1S/C33H42N4O8/c1-33(2,3)45-32(42)36-27(20-29(38)39)21-30(40)44-16-15-43-14-11-35-31(41)26(22-34)18-23-7-8-25-19-28(10-9-24(25)17-23)37-12-5-4-6-13-37/h7-10,17-19,27H,4-6,11-16,20-21H2,1-3H3,(H,35,41)(H,36,42)(H,38,39)/b26-18+. The number of benzene rings is 2. The summed E-state index contributed by atoms with van der Waals surface area (Å²) in [4.78, 5) is 50.1. The van der Waals surface area contributed by atoms with Gasteiger partial charge in [-0.05, 0) is 80.6 Å². The number of nitrogens with one attached hydrogen (secondary N) is 2. The van der Waals surface area contributed by atoms with Gasteiger partial charge in [0.1, 0.15) is 23.9 Å². The number of hydrogen-bond donors (Lipinski definition) is 3. The molecule has 0 radical (unpaired) electrons. The molecular formula is C33H42N4O8. The topological polar surface area (TPSA) is 167 Å². The predicted octanol–water partition coefficient (Wildman–Crippen LogP) is 4.17. The Morgan fingerprint density at radius 3 is 2.40 bits per heavy atom. The number of ether oxygens (including phenoxy) is 3. The van der Waals surface area contributed by atoms with Crippen molar-refractivity contribution in [1.82, 2.24) is 10.6 Å². The Bertz CT molecular complexity index is 1420. The van der Waals surface area contributed by atoms with E-state index in [1.807, 2.05) is 24.3 Å². The molecule has 1 fully saturated rings. The van der Waals surface area contributed by atoms with Crippen molar-refractivity contribution in [3.8, 4) is 6.07 Å².